The lowest BCUT2D eigenvalue weighted by atomic mass is 10.2. The largest absolute Gasteiger partial charge is 0.493 e. The molecular weight excluding hydrogens is 353 g/mol. The van der Waals surface area contributed by atoms with Crippen molar-refractivity contribution in [2.75, 3.05) is 19.0 Å². The van der Waals surface area contributed by atoms with Gasteiger partial charge in [-0.3, -0.25) is 9.59 Å². The fourth-order valence-corrected chi connectivity index (χ4v) is 2.05. The highest BCUT2D eigenvalue weighted by Gasteiger charge is 2.14. The van der Waals surface area contributed by atoms with Crippen LogP contribution in [0.25, 0.3) is 0 Å². The Morgan fingerprint density at radius 2 is 1.93 bits per heavy atom. The first-order chi connectivity index (χ1) is 13.0. The number of hydrogen-bond acceptors (Lipinski definition) is 5. The molecule has 0 bridgehead atoms. The third-order valence-electron chi connectivity index (χ3n) is 3.36. The van der Waals surface area contributed by atoms with Gasteiger partial charge in [-0.25, -0.2) is 9.82 Å². The number of nitrogens with zero attached hydrogens (tertiary/aromatic N) is 1. The summed E-state index contributed by atoms with van der Waals surface area (Å²) in [7, 11) is 1.52. The molecule has 0 aliphatic heterocycles. The summed E-state index contributed by atoms with van der Waals surface area (Å²) in [6.07, 6.45) is 2.22. The van der Waals surface area contributed by atoms with Crippen LogP contribution in [0.1, 0.15) is 18.9 Å². The summed E-state index contributed by atoms with van der Waals surface area (Å²) < 4.78 is 24.3. The van der Waals surface area contributed by atoms with E-state index >= 15 is 0 Å². The number of amides is 2. The van der Waals surface area contributed by atoms with Crippen LogP contribution in [0.5, 0.6) is 11.5 Å². The average molecular weight is 373 g/mol. The molecule has 0 saturated carbocycles. The SMILES string of the molecule is CCCOc1ccc(/C=N\NC(=O)C(=O)Nc2ccccc2F)cc1OC. The van der Waals surface area contributed by atoms with E-state index in [1.54, 1.807) is 18.2 Å². The second kappa shape index (κ2) is 9.91. The normalized spacial score (nSPS) is 10.5. The lowest BCUT2D eigenvalue weighted by molar-refractivity contribution is -0.136. The summed E-state index contributed by atoms with van der Waals surface area (Å²) in [6.45, 7) is 2.56. The second-order valence-electron chi connectivity index (χ2n) is 5.39. The zero-order valence-corrected chi connectivity index (χ0v) is 15.0. The summed E-state index contributed by atoms with van der Waals surface area (Å²) in [5.41, 5.74) is 2.62. The van der Waals surface area contributed by atoms with Gasteiger partial charge in [0.25, 0.3) is 0 Å². The number of para-hydroxylation sites is 1. The molecule has 2 N–H and O–H groups in total. The van der Waals surface area contributed by atoms with Crippen molar-refractivity contribution in [1.29, 1.82) is 0 Å². The molecule has 0 radical (unpaired) electrons. The van der Waals surface area contributed by atoms with Crippen molar-refractivity contribution in [2.45, 2.75) is 13.3 Å². The lowest BCUT2D eigenvalue weighted by Crippen LogP contribution is -2.32. The first kappa shape index (κ1) is 19.9. The Bertz CT molecular complexity index is 839. The van der Waals surface area contributed by atoms with Crippen LogP contribution in [-0.2, 0) is 9.59 Å². The first-order valence-corrected chi connectivity index (χ1v) is 8.25. The summed E-state index contributed by atoms with van der Waals surface area (Å²) in [6, 6.07) is 10.7. The number of benzene rings is 2. The number of rotatable bonds is 7. The van der Waals surface area contributed by atoms with Gasteiger partial charge in [0.05, 0.1) is 25.6 Å². The fourth-order valence-electron chi connectivity index (χ4n) is 2.05. The molecule has 0 saturated heterocycles. The zero-order valence-electron chi connectivity index (χ0n) is 15.0. The monoisotopic (exact) mass is 373 g/mol. The lowest BCUT2D eigenvalue weighted by Gasteiger charge is -2.10. The number of ether oxygens (including phenoxy) is 2. The summed E-state index contributed by atoms with van der Waals surface area (Å²) >= 11 is 0. The van der Waals surface area contributed by atoms with Gasteiger partial charge >= 0.3 is 11.8 Å². The number of hydrazone groups is 1. The summed E-state index contributed by atoms with van der Waals surface area (Å²) in [4.78, 5) is 23.5. The van der Waals surface area contributed by atoms with Gasteiger partial charge in [0.1, 0.15) is 5.82 Å². The van der Waals surface area contributed by atoms with E-state index in [9.17, 15) is 14.0 Å². The molecule has 2 aromatic carbocycles. The molecule has 0 unspecified atom stereocenters. The molecule has 7 nitrogen and oxygen atoms in total. The van der Waals surface area contributed by atoms with Crippen LogP contribution in [-0.4, -0.2) is 31.7 Å². The molecule has 0 atom stereocenters. The third-order valence-corrected chi connectivity index (χ3v) is 3.36. The highest BCUT2D eigenvalue weighted by molar-refractivity contribution is 6.39. The topological polar surface area (TPSA) is 89.0 Å². The van der Waals surface area contributed by atoms with Crippen molar-refractivity contribution >= 4 is 23.7 Å². The van der Waals surface area contributed by atoms with Crippen molar-refractivity contribution in [1.82, 2.24) is 5.43 Å². The van der Waals surface area contributed by atoms with Gasteiger partial charge in [-0.15, -0.1) is 0 Å². The molecule has 0 heterocycles. The van der Waals surface area contributed by atoms with Gasteiger partial charge in [0.2, 0.25) is 0 Å². The Hall–Kier alpha value is -3.42. The van der Waals surface area contributed by atoms with Crippen LogP contribution in [0.2, 0.25) is 0 Å². The molecule has 8 heteroatoms. The number of carbonyl (C=O) groups excluding carboxylic acids is 2. The van der Waals surface area contributed by atoms with E-state index in [-0.39, 0.29) is 5.69 Å². The molecule has 0 aliphatic carbocycles. The van der Waals surface area contributed by atoms with Crippen LogP contribution in [0.15, 0.2) is 47.6 Å². The van der Waals surface area contributed by atoms with Crippen molar-refractivity contribution < 1.29 is 23.5 Å². The predicted molar refractivity (Wildman–Crippen MR) is 99.5 cm³/mol. The predicted octanol–water partition coefficient (Wildman–Crippen LogP) is 2.71. The van der Waals surface area contributed by atoms with E-state index in [0.29, 0.717) is 23.7 Å². The minimum atomic E-state index is -1.03. The molecule has 0 aromatic heterocycles. The molecule has 2 amide bonds. The minimum Gasteiger partial charge on any atom is -0.493 e. The van der Waals surface area contributed by atoms with Gasteiger partial charge in [-0.2, -0.15) is 5.10 Å². The highest BCUT2D eigenvalue weighted by atomic mass is 19.1. The molecule has 0 spiro atoms. The van der Waals surface area contributed by atoms with Crippen LogP contribution in [0, 0.1) is 5.82 Å². The Labute approximate surface area is 156 Å². The van der Waals surface area contributed by atoms with Crippen LogP contribution in [0.4, 0.5) is 10.1 Å². The number of anilines is 1. The van der Waals surface area contributed by atoms with Crippen molar-refractivity contribution in [3.8, 4) is 11.5 Å². The maximum atomic E-state index is 13.5. The second-order valence-corrected chi connectivity index (χ2v) is 5.39. The quantitative estimate of drug-likeness (QED) is 0.444. The first-order valence-electron chi connectivity index (χ1n) is 8.25. The number of hydrogen-bond donors (Lipinski definition) is 2. The smallest absolute Gasteiger partial charge is 0.329 e. The third kappa shape index (κ3) is 5.81. The van der Waals surface area contributed by atoms with Crippen molar-refractivity contribution in [3.63, 3.8) is 0 Å². The van der Waals surface area contributed by atoms with Gasteiger partial charge in [-0.05, 0) is 42.3 Å². The Balaban J connectivity index is 1.95. The van der Waals surface area contributed by atoms with Crippen molar-refractivity contribution in [3.05, 3.63) is 53.8 Å². The standard InChI is InChI=1S/C19H20FN3O4/c1-3-10-27-16-9-8-13(11-17(16)26-2)12-21-23-19(25)18(24)22-15-7-5-4-6-14(15)20/h4-9,11-12H,3,10H2,1-2H3,(H,22,24)(H,23,25)/b21-12-. The maximum Gasteiger partial charge on any atom is 0.329 e. The van der Waals surface area contributed by atoms with E-state index < -0.39 is 17.6 Å². The Morgan fingerprint density at radius 1 is 1.15 bits per heavy atom. The zero-order chi connectivity index (χ0) is 19.6. The minimum absolute atomic E-state index is 0.0889. The number of halogens is 1. The van der Waals surface area contributed by atoms with Gasteiger partial charge < -0.3 is 14.8 Å². The molecule has 142 valence electrons. The van der Waals surface area contributed by atoms with E-state index in [2.05, 4.69) is 15.8 Å². The fraction of sp³-hybridized carbons (Fsp3) is 0.211. The maximum absolute atomic E-state index is 13.5. The van der Waals surface area contributed by atoms with E-state index in [1.165, 1.54) is 37.6 Å². The summed E-state index contributed by atoms with van der Waals surface area (Å²) in [5, 5.41) is 5.89. The number of methoxy groups -OCH3 is 1. The van der Waals surface area contributed by atoms with Gasteiger partial charge in [0.15, 0.2) is 11.5 Å². The summed E-state index contributed by atoms with van der Waals surface area (Å²) in [5.74, 6) is -1.57. The molecule has 27 heavy (non-hydrogen) atoms. The number of nitrogens with one attached hydrogen (secondary N) is 2. The van der Waals surface area contributed by atoms with Crippen LogP contribution >= 0.6 is 0 Å². The average Bonchev–Trinajstić information content (AvgIpc) is 2.68. The molecular formula is C19H20FN3O4. The Kier molecular flexibility index (Phi) is 7.30. The van der Waals surface area contributed by atoms with Crippen LogP contribution in [0.3, 0.4) is 0 Å². The van der Waals surface area contributed by atoms with E-state index in [4.69, 9.17) is 9.47 Å². The number of carbonyl (C=O) groups is 2. The van der Waals surface area contributed by atoms with E-state index in [0.717, 1.165) is 6.42 Å². The highest BCUT2D eigenvalue weighted by Crippen LogP contribution is 2.27. The molecule has 0 fully saturated rings. The van der Waals surface area contributed by atoms with Gasteiger partial charge in [0, 0.05) is 0 Å². The molecule has 2 rings (SSSR count). The molecule has 0 aliphatic rings. The van der Waals surface area contributed by atoms with Gasteiger partial charge in [-0.1, -0.05) is 19.1 Å². The van der Waals surface area contributed by atoms with Crippen molar-refractivity contribution in [2.24, 2.45) is 5.10 Å². The molecule has 2 aromatic rings. The van der Waals surface area contributed by atoms with Crippen LogP contribution < -0.4 is 20.2 Å². The Morgan fingerprint density at radius 3 is 2.63 bits per heavy atom. The van der Waals surface area contributed by atoms with E-state index in [1.807, 2.05) is 6.92 Å².